The number of carbonyl (C=O) groups is 2. The maximum absolute atomic E-state index is 13.1. The van der Waals surface area contributed by atoms with Crippen LogP contribution in [0.5, 0.6) is 0 Å². The second kappa shape index (κ2) is 7.90. The molecule has 1 saturated carbocycles. The number of fused-ring (bicyclic) bond motifs is 1. The topological polar surface area (TPSA) is 115 Å². The molecule has 0 unspecified atom stereocenters. The molecule has 0 saturated heterocycles. The average molecular weight is 392 g/mol. The largest absolute Gasteiger partial charge is 0.383 e. The number of nitrogen functional groups attached to an aromatic ring is 1. The summed E-state index contributed by atoms with van der Waals surface area (Å²) in [6, 6.07) is 6.86. The van der Waals surface area contributed by atoms with E-state index in [-0.39, 0.29) is 23.7 Å². The number of carbonyl (C=O) groups excluding carboxylic acids is 2. The zero-order valence-corrected chi connectivity index (χ0v) is 16.3. The summed E-state index contributed by atoms with van der Waals surface area (Å²) in [7, 11) is 1.80. The van der Waals surface area contributed by atoms with Crippen molar-refractivity contribution < 1.29 is 9.59 Å². The van der Waals surface area contributed by atoms with Crippen molar-refractivity contribution in [1.82, 2.24) is 19.9 Å². The number of hydrogen-bond donors (Lipinski definition) is 3. The highest BCUT2D eigenvalue weighted by molar-refractivity contribution is 6.18. The summed E-state index contributed by atoms with van der Waals surface area (Å²) in [5.74, 6) is 0.0635. The molecule has 4 N–H and O–H groups in total. The molecule has 0 bridgehead atoms. The molecule has 29 heavy (non-hydrogen) atoms. The minimum atomic E-state index is -0.246. The zero-order valence-electron chi connectivity index (χ0n) is 16.3. The first kappa shape index (κ1) is 18.9. The number of amides is 2. The standard InChI is InChI=1S/C21H24N6O2/c1-27-11-16(17-19(22)23-12-24-20(17)27)18(28)13-6-5-9-15(10-13)26-21(29)25-14-7-3-2-4-8-14/h5-6,9-12,14H,2-4,7-8H2,1H3,(H2,22,23,24)(H2,25,26,29). The van der Waals surface area contributed by atoms with Gasteiger partial charge in [-0.2, -0.15) is 0 Å². The van der Waals surface area contributed by atoms with E-state index in [0.29, 0.717) is 27.8 Å². The maximum Gasteiger partial charge on any atom is 0.319 e. The van der Waals surface area contributed by atoms with Gasteiger partial charge in [-0.25, -0.2) is 14.8 Å². The van der Waals surface area contributed by atoms with E-state index in [1.54, 1.807) is 42.1 Å². The van der Waals surface area contributed by atoms with E-state index in [2.05, 4.69) is 20.6 Å². The number of hydrogen-bond acceptors (Lipinski definition) is 5. The third-order valence-corrected chi connectivity index (χ3v) is 5.35. The Bertz CT molecular complexity index is 1070. The third kappa shape index (κ3) is 3.91. The minimum Gasteiger partial charge on any atom is -0.383 e. The van der Waals surface area contributed by atoms with E-state index in [9.17, 15) is 9.59 Å². The van der Waals surface area contributed by atoms with E-state index >= 15 is 0 Å². The van der Waals surface area contributed by atoms with Crippen LogP contribution in [0.2, 0.25) is 0 Å². The molecule has 1 aliphatic rings. The maximum atomic E-state index is 13.1. The number of nitrogens with zero attached hydrogens (tertiary/aromatic N) is 3. The molecule has 1 aromatic carbocycles. The first-order valence-corrected chi connectivity index (χ1v) is 9.80. The summed E-state index contributed by atoms with van der Waals surface area (Å²) >= 11 is 0. The first-order chi connectivity index (χ1) is 14.0. The van der Waals surface area contributed by atoms with E-state index in [0.717, 1.165) is 25.7 Å². The van der Waals surface area contributed by atoms with Gasteiger partial charge in [0.1, 0.15) is 17.8 Å². The number of ketones is 1. The van der Waals surface area contributed by atoms with Gasteiger partial charge < -0.3 is 20.9 Å². The quantitative estimate of drug-likeness (QED) is 0.590. The lowest BCUT2D eigenvalue weighted by atomic mass is 9.96. The van der Waals surface area contributed by atoms with Gasteiger partial charge in [-0.05, 0) is 25.0 Å². The number of urea groups is 1. The zero-order chi connectivity index (χ0) is 20.4. The van der Waals surface area contributed by atoms with Crippen LogP contribution < -0.4 is 16.4 Å². The van der Waals surface area contributed by atoms with E-state index in [4.69, 9.17) is 5.73 Å². The fourth-order valence-electron chi connectivity index (χ4n) is 3.90. The smallest absolute Gasteiger partial charge is 0.319 e. The van der Waals surface area contributed by atoms with Crippen LogP contribution >= 0.6 is 0 Å². The van der Waals surface area contributed by atoms with E-state index in [1.807, 2.05) is 0 Å². The fourth-order valence-corrected chi connectivity index (χ4v) is 3.90. The molecule has 0 radical (unpaired) electrons. The first-order valence-electron chi connectivity index (χ1n) is 9.80. The van der Waals surface area contributed by atoms with Crippen LogP contribution in [0, 0.1) is 0 Å². The Hall–Kier alpha value is -3.42. The van der Waals surface area contributed by atoms with Crippen LogP contribution in [0.25, 0.3) is 11.0 Å². The van der Waals surface area contributed by atoms with Gasteiger partial charge in [0.15, 0.2) is 5.78 Å². The summed E-state index contributed by atoms with van der Waals surface area (Å²) in [6.07, 6.45) is 8.62. The molecule has 8 nitrogen and oxygen atoms in total. The van der Waals surface area contributed by atoms with Crippen LogP contribution in [-0.2, 0) is 7.05 Å². The number of nitrogens with one attached hydrogen (secondary N) is 2. The van der Waals surface area contributed by atoms with Crippen molar-refractivity contribution in [3.05, 3.63) is 47.9 Å². The molecule has 150 valence electrons. The van der Waals surface area contributed by atoms with Gasteiger partial charge in [0.25, 0.3) is 0 Å². The van der Waals surface area contributed by atoms with Gasteiger partial charge in [0.05, 0.1) is 10.9 Å². The van der Waals surface area contributed by atoms with Crippen molar-refractivity contribution >= 4 is 34.4 Å². The summed E-state index contributed by atoms with van der Waals surface area (Å²) < 4.78 is 1.75. The van der Waals surface area contributed by atoms with Gasteiger partial charge in [0, 0.05) is 30.5 Å². The van der Waals surface area contributed by atoms with Crippen molar-refractivity contribution in [3.8, 4) is 0 Å². The van der Waals surface area contributed by atoms with Crippen LogP contribution in [-0.4, -0.2) is 32.4 Å². The summed E-state index contributed by atoms with van der Waals surface area (Å²) in [5.41, 5.74) is 8.04. The number of aromatic nitrogens is 3. The second-order valence-corrected chi connectivity index (χ2v) is 7.45. The summed E-state index contributed by atoms with van der Waals surface area (Å²) in [4.78, 5) is 33.6. The molecular formula is C21H24N6O2. The molecule has 0 atom stereocenters. The molecule has 3 aromatic rings. The van der Waals surface area contributed by atoms with Crippen molar-refractivity contribution in [3.63, 3.8) is 0 Å². The molecule has 8 heteroatoms. The van der Waals surface area contributed by atoms with Crippen LogP contribution in [0.1, 0.15) is 48.0 Å². The fraction of sp³-hybridized carbons (Fsp3) is 0.333. The number of benzene rings is 1. The highest BCUT2D eigenvalue weighted by atomic mass is 16.2. The molecular weight excluding hydrogens is 368 g/mol. The highest BCUT2D eigenvalue weighted by Crippen LogP contribution is 2.26. The van der Waals surface area contributed by atoms with Gasteiger partial charge in [-0.1, -0.05) is 31.4 Å². The van der Waals surface area contributed by atoms with Crippen molar-refractivity contribution in [1.29, 1.82) is 0 Å². The highest BCUT2D eigenvalue weighted by Gasteiger charge is 2.20. The molecule has 2 heterocycles. The second-order valence-electron chi connectivity index (χ2n) is 7.45. The number of nitrogens with two attached hydrogens (primary N) is 1. The Kier molecular flexibility index (Phi) is 5.16. The minimum absolute atomic E-state index is 0.201. The Morgan fingerprint density at radius 3 is 2.76 bits per heavy atom. The average Bonchev–Trinajstić information content (AvgIpc) is 3.06. The van der Waals surface area contributed by atoms with Gasteiger partial charge >= 0.3 is 6.03 Å². The molecule has 2 aromatic heterocycles. The summed E-state index contributed by atoms with van der Waals surface area (Å²) in [5, 5.41) is 6.38. The molecule has 1 fully saturated rings. The van der Waals surface area contributed by atoms with E-state index < -0.39 is 0 Å². The molecule has 0 spiro atoms. The predicted octanol–water partition coefficient (Wildman–Crippen LogP) is 3.24. The molecule has 4 rings (SSSR count). The Morgan fingerprint density at radius 2 is 1.97 bits per heavy atom. The van der Waals surface area contributed by atoms with Crippen molar-refractivity contribution in [2.75, 3.05) is 11.1 Å². The molecule has 1 aliphatic carbocycles. The molecule has 0 aliphatic heterocycles. The Labute approximate surface area is 168 Å². The normalized spacial score (nSPS) is 14.7. The lowest BCUT2D eigenvalue weighted by Crippen LogP contribution is -2.39. The van der Waals surface area contributed by atoms with Gasteiger partial charge in [-0.15, -0.1) is 0 Å². The van der Waals surface area contributed by atoms with Crippen LogP contribution in [0.15, 0.2) is 36.8 Å². The predicted molar refractivity (Wildman–Crippen MR) is 112 cm³/mol. The number of rotatable bonds is 4. The van der Waals surface area contributed by atoms with Crippen LogP contribution in [0.3, 0.4) is 0 Å². The van der Waals surface area contributed by atoms with Crippen molar-refractivity contribution in [2.24, 2.45) is 7.05 Å². The Balaban J connectivity index is 1.54. The van der Waals surface area contributed by atoms with Crippen LogP contribution in [0.4, 0.5) is 16.3 Å². The Morgan fingerprint density at radius 1 is 1.17 bits per heavy atom. The SMILES string of the molecule is Cn1cc(C(=O)c2cccc(NC(=O)NC3CCCCC3)c2)c2c(N)ncnc21. The van der Waals surface area contributed by atoms with Gasteiger partial charge in [0.2, 0.25) is 0 Å². The summed E-state index contributed by atoms with van der Waals surface area (Å²) in [6.45, 7) is 0. The number of anilines is 2. The van der Waals surface area contributed by atoms with Gasteiger partial charge in [-0.3, -0.25) is 4.79 Å². The van der Waals surface area contributed by atoms with E-state index in [1.165, 1.54) is 12.7 Å². The number of aryl methyl sites for hydroxylation is 1. The van der Waals surface area contributed by atoms with Crippen molar-refractivity contribution in [2.45, 2.75) is 38.1 Å². The lowest BCUT2D eigenvalue weighted by Gasteiger charge is -2.22. The molecule has 2 amide bonds. The lowest BCUT2D eigenvalue weighted by molar-refractivity contribution is 0.104. The monoisotopic (exact) mass is 392 g/mol. The third-order valence-electron chi connectivity index (χ3n) is 5.35.